The minimum absolute atomic E-state index is 0. The average Bonchev–Trinajstić information content (AvgIpc) is 2.61. The molecule has 1 atom stereocenters. The van der Waals surface area contributed by atoms with Gasteiger partial charge in [0.2, 0.25) is 15.9 Å². The van der Waals surface area contributed by atoms with Crippen molar-refractivity contribution in [3.8, 4) is 0 Å². The maximum absolute atomic E-state index is 12.3. The molecule has 0 radical (unpaired) electrons. The van der Waals surface area contributed by atoms with E-state index in [1.165, 1.54) is 0 Å². The SMILES string of the molecule is CNC1CCCN(C(=O)CCNS(=O)(=O)c2ccc(C(C)C)cc2)C1.Cl. The molecule has 2 N–H and O–H groups in total. The van der Waals surface area contributed by atoms with Gasteiger partial charge in [-0.2, -0.15) is 0 Å². The molecule has 0 saturated carbocycles. The number of carbonyl (C=O) groups is 1. The van der Waals surface area contributed by atoms with Crippen LogP contribution in [0.2, 0.25) is 0 Å². The van der Waals surface area contributed by atoms with Gasteiger partial charge in [-0.3, -0.25) is 4.79 Å². The number of likely N-dealkylation sites (tertiary alicyclic amines) is 1. The monoisotopic (exact) mass is 403 g/mol. The van der Waals surface area contributed by atoms with Crippen molar-refractivity contribution in [1.29, 1.82) is 0 Å². The minimum Gasteiger partial charge on any atom is -0.341 e. The second kappa shape index (κ2) is 10.3. The van der Waals surface area contributed by atoms with Crippen LogP contribution in [0.15, 0.2) is 29.2 Å². The molecule has 0 bridgehead atoms. The van der Waals surface area contributed by atoms with Gasteiger partial charge in [0, 0.05) is 32.1 Å². The van der Waals surface area contributed by atoms with Gasteiger partial charge >= 0.3 is 0 Å². The third-order valence-corrected chi connectivity index (χ3v) is 6.15. The molecule has 1 aliphatic rings. The zero-order valence-electron chi connectivity index (χ0n) is 15.7. The van der Waals surface area contributed by atoms with Crippen molar-refractivity contribution >= 4 is 28.3 Å². The number of nitrogens with one attached hydrogen (secondary N) is 2. The highest BCUT2D eigenvalue weighted by molar-refractivity contribution is 7.89. The van der Waals surface area contributed by atoms with E-state index in [9.17, 15) is 13.2 Å². The molecular formula is C18H30ClN3O3S. The van der Waals surface area contributed by atoms with E-state index >= 15 is 0 Å². The summed E-state index contributed by atoms with van der Waals surface area (Å²) in [6, 6.07) is 7.21. The lowest BCUT2D eigenvalue weighted by molar-refractivity contribution is -0.132. The first kappa shape index (κ1) is 22.9. The predicted molar refractivity (Wildman–Crippen MR) is 106 cm³/mol. The zero-order chi connectivity index (χ0) is 18.4. The Labute approximate surface area is 163 Å². The molecule has 1 aromatic rings. The molecule has 1 fully saturated rings. The number of benzene rings is 1. The summed E-state index contributed by atoms with van der Waals surface area (Å²) in [4.78, 5) is 14.3. The van der Waals surface area contributed by atoms with Gasteiger partial charge in [-0.1, -0.05) is 26.0 Å². The molecule has 6 nitrogen and oxygen atoms in total. The summed E-state index contributed by atoms with van der Waals surface area (Å²) >= 11 is 0. The first-order chi connectivity index (χ1) is 11.8. The Hall–Kier alpha value is -1.15. The second-order valence-corrected chi connectivity index (χ2v) is 8.61. The van der Waals surface area contributed by atoms with E-state index in [4.69, 9.17) is 0 Å². The highest BCUT2D eigenvalue weighted by atomic mass is 35.5. The summed E-state index contributed by atoms with van der Waals surface area (Å²) in [6.07, 6.45) is 2.23. The van der Waals surface area contributed by atoms with Gasteiger partial charge in [-0.05, 0) is 43.5 Å². The van der Waals surface area contributed by atoms with Gasteiger partial charge in [-0.25, -0.2) is 13.1 Å². The van der Waals surface area contributed by atoms with Crippen molar-refractivity contribution in [3.63, 3.8) is 0 Å². The van der Waals surface area contributed by atoms with Crippen molar-refractivity contribution < 1.29 is 13.2 Å². The molecule has 1 aromatic carbocycles. The Kier molecular flexibility index (Phi) is 9.03. The Morgan fingerprint density at radius 1 is 1.27 bits per heavy atom. The number of likely N-dealkylation sites (N-methyl/N-ethyl adjacent to an activating group) is 1. The van der Waals surface area contributed by atoms with Crippen LogP contribution in [-0.2, 0) is 14.8 Å². The molecular weight excluding hydrogens is 374 g/mol. The topological polar surface area (TPSA) is 78.5 Å². The van der Waals surface area contributed by atoms with Gasteiger partial charge in [0.05, 0.1) is 4.90 Å². The van der Waals surface area contributed by atoms with Crippen LogP contribution in [0, 0.1) is 0 Å². The van der Waals surface area contributed by atoms with Crippen LogP contribution in [0.4, 0.5) is 0 Å². The smallest absolute Gasteiger partial charge is 0.240 e. The Morgan fingerprint density at radius 3 is 2.50 bits per heavy atom. The standard InChI is InChI=1S/C18H29N3O3S.ClH/c1-14(2)15-6-8-17(9-7-15)25(23,24)20-11-10-18(22)21-12-4-5-16(13-21)19-3;/h6-9,14,16,19-20H,4-5,10-13H2,1-3H3;1H. The molecule has 2 rings (SSSR count). The Bertz CT molecular complexity index is 677. The fourth-order valence-electron chi connectivity index (χ4n) is 3.00. The van der Waals surface area contributed by atoms with Crippen molar-refractivity contribution in [1.82, 2.24) is 14.9 Å². The summed E-state index contributed by atoms with van der Waals surface area (Å²) in [5, 5.41) is 3.20. The molecule has 8 heteroatoms. The number of carbonyl (C=O) groups excluding carboxylic acids is 1. The van der Waals surface area contributed by atoms with Crippen LogP contribution in [-0.4, -0.2) is 51.9 Å². The molecule has 1 aliphatic heterocycles. The first-order valence-electron chi connectivity index (χ1n) is 8.88. The summed E-state index contributed by atoms with van der Waals surface area (Å²) in [5.74, 6) is 0.353. The van der Waals surface area contributed by atoms with Gasteiger partial charge in [-0.15, -0.1) is 12.4 Å². The van der Waals surface area contributed by atoms with E-state index in [1.54, 1.807) is 12.1 Å². The molecule has 1 amide bonds. The summed E-state index contributed by atoms with van der Waals surface area (Å²) < 4.78 is 27.2. The van der Waals surface area contributed by atoms with E-state index in [1.807, 2.05) is 24.1 Å². The van der Waals surface area contributed by atoms with E-state index < -0.39 is 10.0 Å². The third-order valence-electron chi connectivity index (χ3n) is 4.67. The minimum atomic E-state index is -3.58. The van der Waals surface area contributed by atoms with E-state index in [0.717, 1.165) is 24.9 Å². The number of amides is 1. The number of hydrogen-bond acceptors (Lipinski definition) is 4. The van der Waals surface area contributed by atoms with Gasteiger partial charge in [0.15, 0.2) is 0 Å². The number of halogens is 1. The number of rotatable bonds is 7. The zero-order valence-corrected chi connectivity index (χ0v) is 17.3. The van der Waals surface area contributed by atoms with Gasteiger partial charge < -0.3 is 10.2 Å². The van der Waals surface area contributed by atoms with Crippen molar-refractivity contribution in [3.05, 3.63) is 29.8 Å². The van der Waals surface area contributed by atoms with Gasteiger partial charge in [0.25, 0.3) is 0 Å². The fraction of sp³-hybridized carbons (Fsp3) is 0.611. The van der Waals surface area contributed by atoms with E-state index in [2.05, 4.69) is 23.9 Å². The number of piperidine rings is 1. The molecule has 1 heterocycles. The maximum Gasteiger partial charge on any atom is 0.240 e. The van der Waals surface area contributed by atoms with E-state index in [0.29, 0.717) is 18.5 Å². The summed E-state index contributed by atoms with van der Waals surface area (Å²) in [7, 11) is -1.68. The van der Waals surface area contributed by atoms with Crippen LogP contribution in [0.1, 0.15) is 44.6 Å². The van der Waals surface area contributed by atoms with Crippen LogP contribution in [0.5, 0.6) is 0 Å². The van der Waals surface area contributed by atoms with Crippen LogP contribution in [0.25, 0.3) is 0 Å². The van der Waals surface area contributed by atoms with Gasteiger partial charge in [0.1, 0.15) is 0 Å². The lowest BCUT2D eigenvalue weighted by Crippen LogP contribution is -2.47. The maximum atomic E-state index is 12.3. The highest BCUT2D eigenvalue weighted by Crippen LogP contribution is 2.17. The second-order valence-electron chi connectivity index (χ2n) is 6.84. The number of sulfonamides is 1. The fourth-order valence-corrected chi connectivity index (χ4v) is 4.04. The molecule has 1 unspecified atom stereocenters. The van der Waals surface area contributed by atoms with Crippen molar-refractivity contribution in [2.24, 2.45) is 0 Å². The van der Waals surface area contributed by atoms with Crippen LogP contribution >= 0.6 is 12.4 Å². The molecule has 26 heavy (non-hydrogen) atoms. The molecule has 0 aliphatic carbocycles. The predicted octanol–water partition coefficient (Wildman–Crippen LogP) is 2.11. The van der Waals surface area contributed by atoms with Crippen molar-refractivity contribution in [2.45, 2.75) is 50.0 Å². The summed E-state index contributed by atoms with van der Waals surface area (Å²) in [6.45, 7) is 5.69. The summed E-state index contributed by atoms with van der Waals surface area (Å²) in [5.41, 5.74) is 1.10. The van der Waals surface area contributed by atoms with Crippen LogP contribution < -0.4 is 10.0 Å². The lowest BCUT2D eigenvalue weighted by Gasteiger charge is -2.32. The number of hydrogen-bond donors (Lipinski definition) is 2. The Morgan fingerprint density at radius 2 is 1.92 bits per heavy atom. The average molecular weight is 404 g/mol. The molecule has 1 saturated heterocycles. The Balaban J connectivity index is 0.00000338. The van der Waals surface area contributed by atoms with Crippen LogP contribution in [0.3, 0.4) is 0 Å². The third kappa shape index (κ3) is 6.23. The van der Waals surface area contributed by atoms with E-state index in [-0.39, 0.29) is 36.2 Å². The molecule has 148 valence electrons. The lowest BCUT2D eigenvalue weighted by atomic mass is 10.0. The first-order valence-corrected chi connectivity index (χ1v) is 10.4. The highest BCUT2D eigenvalue weighted by Gasteiger charge is 2.22. The molecule has 0 aromatic heterocycles. The largest absolute Gasteiger partial charge is 0.341 e. The van der Waals surface area contributed by atoms with Crippen molar-refractivity contribution in [2.75, 3.05) is 26.7 Å². The molecule has 0 spiro atoms. The number of nitrogens with zero attached hydrogens (tertiary/aromatic N) is 1. The quantitative estimate of drug-likeness (QED) is 0.730. The normalized spacial score (nSPS) is 17.8.